The van der Waals surface area contributed by atoms with Crippen molar-refractivity contribution in [2.75, 3.05) is 7.11 Å². The Kier molecular flexibility index (Phi) is 3.18. The van der Waals surface area contributed by atoms with E-state index in [0.29, 0.717) is 11.3 Å². The zero-order valence-corrected chi connectivity index (χ0v) is 9.95. The van der Waals surface area contributed by atoms with Gasteiger partial charge in [-0.3, -0.25) is 4.79 Å². The summed E-state index contributed by atoms with van der Waals surface area (Å²) in [5.41, 5.74) is 1.35. The maximum Gasteiger partial charge on any atom is 0.360 e. The van der Waals surface area contributed by atoms with E-state index >= 15 is 0 Å². The van der Waals surface area contributed by atoms with Gasteiger partial charge in [0.1, 0.15) is 0 Å². The van der Waals surface area contributed by atoms with Gasteiger partial charge in [0.15, 0.2) is 11.5 Å². The maximum absolute atomic E-state index is 11.3. The molecule has 6 heteroatoms. The van der Waals surface area contributed by atoms with Crippen molar-refractivity contribution in [2.24, 2.45) is 0 Å². The highest BCUT2D eigenvalue weighted by molar-refractivity contribution is 5.94. The van der Waals surface area contributed by atoms with Crippen molar-refractivity contribution in [3.05, 3.63) is 41.7 Å². The molecule has 2 aromatic rings. The molecule has 0 fully saturated rings. The van der Waals surface area contributed by atoms with Crippen LogP contribution in [-0.4, -0.2) is 33.9 Å². The second-order valence-electron chi connectivity index (χ2n) is 3.65. The Hall–Kier alpha value is -2.50. The van der Waals surface area contributed by atoms with Crippen LogP contribution in [0.3, 0.4) is 0 Å². The van der Waals surface area contributed by atoms with E-state index in [1.165, 1.54) is 24.9 Å². The minimum Gasteiger partial charge on any atom is -0.464 e. The van der Waals surface area contributed by atoms with Crippen molar-refractivity contribution >= 4 is 11.8 Å². The highest BCUT2D eigenvalue weighted by Gasteiger charge is 2.11. The number of hydrogen-bond acceptors (Lipinski definition) is 5. The summed E-state index contributed by atoms with van der Waals surface area (Å²) in [7, 11) is 1.28. The molecule has 18 heavy (non-hydrogen) atoms. The number of hydrogen-bond donors (Lipinski definition) is 0. The summed E-state index contributed by atoms with van der Waals surface area (Å²) in [6, 6.07) is 6.90. The van der Waals surface area contributed by atoms with Gasteiger partial charge in [-0.05, 0) is 19.1 Å². The van der Waals surface area contributed by atoms with E-state index in [2.05, 4.69) is 15.0 Å². The number of nitrogens with zero attached hydrogens (tertiary/aromatic N) is 3. The molecule has 0 aliphatic heterocycles. The number of Topliss-reactive ketones (excluding diaryl/α,β-unsaturated/α-hetero) is 1. The van der Waals surface area contributed by atoms with Crippen LogP contribution in [0, 0.1) is 0 Å². The maximum atomic E-state index is 11.3. The van der Waals surface area contributed by atoms with Crippen molar-refractivity contribution in [1.82, 2.24) is 15.0 Å². The Morgan fingerprint density at radius 2 is 2.11 bits per heavy atom. The summed E-state index contributed by atoms with van der Waals surface area (Å²) in [5.74, 6) is -0.589. The van der Waals surface area contributed by atoms with Crippen LogP contribution in [0.5, 0.6) is 0 Å². The van der Waals surface area contributed by atoms with Crippen molar-refractivity contribution in [3.63, 3.8) is 0 Å². The number of benzene rings is 1. The van der Waals surface area contributed by atoms with Crippen LogP contribution in [0.2, 0.25) is 0 Å². The van der Waals surface area contributed by atoms with Gasteiger partial charge in [-0.25, -0.2) is 9.48 Å². The molecule has 1 aromatic heterocycles. The molecule has 0 saturated carbocycles. The average molecular weight is 245 g/mol. The fourth-order valence-corrected chi connectivity index (χ4v) is 1.46. The fraction of sp³-hybridized carbons (Fsp3) is 0.167. The third-order valence-electron chi connectivity index (χ3n) is 2.41. The normalized spacial score (nSPS) is 10.1. The summed E-state index contributed by atoms with van der Waals surface area (Å²) in [6.07, 6.45) is 1.45. The monoisotopic (exact) mass is 245 g/mol. The van der Waals surface area contributed by atoms with Gasteiger partial charge in [0.05, 0.1) is 19.0 Å². The number of methoxy groups -OCH3 is 1. The van der Waals surface area contributed by atoms with Gasteiger partial charge < -0.3 is 4.74 Å². The van der Waals surface area contributed by atoms with Gasteiger partial charge in [-0.1, -0.05) is 17.3 Å². The van der Waals surface area contributed by atoms with E-state index in [0.717, 1.165) is 0 Å². The first kappa shape index (κ1) is 12.0. The van der Waals surface area contributed by atoms with E-state index in [1.54, 1.807) is 24.3 Å². The third-order valence-corrected chi connectivity index (χ3v) is 2.41. The van der Waals surface area contributed by atoms with E-state index in [9.17, 15) is 9.59 Å². The predicted octanol–water partition coefficient (Wildman–Crippen LogP) is 1.26. The number of aromatic nitrogens is 3. The zero-order chi connectivity index (χ0) is 13.1. The lowest BCUT2D eigenvalue weighted by molar-refractivity contribution is 0.0593. The quantitative estimate of drug-likeness (QED) is 0.601. The number of carbonyl (C=O) groups is 2. The first-order chi connectivity index (χ1) is 8.61. The largest absolute Gasteiger partial charge is 0.464 e. The Balaban J connectivity index is 2.37. The highest BCUT2D eigenvalue weighted by Crippen LogP contribution is 2.10. The molecule has 0 saturated heterocycles. The van der Waals surface area contributed by atoms with Crippen LogP contribution in [-0.2, 0) is 4.74 Å². The van der Waals surface area contributed by atoms with Gasteiger partial charge in [0.25, 0.3) is 0 Å². The second-order valence-corrected chi connectivity index (χ2v) is 3.65. The van der Waals surface area contributed by atoms with E-state index in [4.69, 9.17) is 0 Å². The zero-order valence-electron chi connectivity index (χ0n) is 9.95. The molecular formula is C12H11N3O3. The first-order valence-corrected chi connectivity index (χ1v) is 5.24. The lowest BCUT2D eigenvalue weighted by Gasteiger charge is -2.01. The molecule has 0 unspecified atom stereocenters. The van der Waals surface area contributed by atoms with Crippen LogP contribution in [0.25, 0.3) is 5.69 Å². The van der Waals surface area contributed by atoms with Crippen LogP contribution in [0.15, 0.2) is 30.5 Å². The van der Waals surface area contributed by atoms with Gasteiger partial charge in [0.2, 0.25) is 0 Å². The minimum absolute atomic E-state index is 0.0369. The summed E-state index contributed by atoms with van der Waals surface area (Å²) in [5, 5.41) is 7.50. The van der Waals surface area contributed by atoms with Crippen LogP contribution >= 0.6 is 0 Å². The smallest absolute Gasteiger partial charge is 0.360 e. The fourth-order valence-electron chi connectivity index (χ4n) is 1.46. The minimum atomic E-state index is -0.552. The van der Waals surface area contributed by atoms with Gasteiger partial charge in [-0.15, -0.1) is 5.10 Å². The van der Waals surface area contributed by atoms with E-state index < -0.39 is 5.97 Å². The van der Waals surface area contributed by atoms with Gasteiger partial charge >= 0.3 is 5.97 Å². The van der Waals surface area contributed by atoms with Crippen molar-refractivity contribution in [2.45, 2.75) is 6.92 Å². The van der Waals surface area contributed by atoms with Crippen molar-refractivity contribution in [3.8, 4) is 5.69 Å². The number of carbonyl (C=O) groups excluding carboxylic acids is 2. The molecule has 0 spiro atoms. The topological polar surface area (TPSA) is 74.1 Å². The van der Waals surface area contributed by atoms with Crippen LogP contribution in [0.4, 0.5) is 0 Å². The number of ketones is 1. The molecule has 0 aliphatic carbocycles. The summed E-state index contributed by atoms with van der Waals surface area (Å²) >= 11 is 0. The molecule has 2 rings (SSSR count). The standard InChI is InChI=1S/C12H11N3O3/c1-8(16)9-4-3-5-10(6-9)15-7-11(13-14-15)12(17)18-2/h3-7H,1-2H3. The lowest BCUT2D eigenvalue weighted by Crippen LogP contribution is -2.01. The van der Waals surface area contributed by atoms with Crippen molar-refractivity contribution in [1.29, 1.82) is 0 Å². The number of ether oxygens (including phenoxy) is 1. The lowest BCUT2D eigenvalue weighted by atomic mass is 10.1. The summed E-state index contributed by atoms with van der Waals surface area (Å²) in [6.45, 7) is 1.49. The molecule has 1 heterocycles. The highest BCUT2D eigenvalue weighted by atomic mass is 16.5. The molecule has 1 aromatic carbocycles. The molecule has 0 aliphatic rings. The number of rotatable bonds is 3. The molecule has 6 nitrogen and oxygen atoms in total. The van der Waals surface area contributed by atoms with Crippen LogP contribution in [0.1, 0.15) is 27.8 Å². The van der Waals surface area contributed by atoms with Crippen molar-refractivity contribution < 1.29 is 14.3 Å². The Morgan fingerprint density at radius 1 is 1.33 bits per heavy atom. The number of esters is 1. The van der Waals surface area contributed by atoms with Gasteiger partial charge in [0, 0.05) is 5.56 Å². The summed E-state index contributed by atoms with van der Waals surface area (Å²) < 4.78 is 5.95. The molecule has 0 bridgehead atoms. The molecule has 0 N–H and O–H groups in total. The SMILES string of the molecule is COC(=O)c1cn(-c2cccc(C(C)=O)c2)nn1. The average Bonchev–Trinajstić information content (AvgIpc) is 2.87. The molecule has 0 atom stereocenters. The Bertz CT molecular complexity index is 604. The first-order valence-electron chi connectivity index (χ1n) is 5.24. The molecular weight excluding hydrogens is 234 g/mol. The predicted molar refractivity (Wildman–Crippen MR) is 62.7 cm³/mol. The van der Waals surface area contributed by atoms with Gasteiger partial charge in [-0.2, -0.15) is 0 Å². The Labute approximate surface area is 103 Å². The van der Waals surface area contributed by atoms with E-state index in [1.807, 2.05) is 0 Å². The second kappa shape index (κ2) is 4.79. The van der Waals surface area contributed by atoms with Crippen LogP contribution < -0.4 is 0 Å². The Morgan fingerprint density at radius 3 is 2.78 bits per heavy atom. The van der Waals surface area contributed by atoms with E-state index in [-0.39, 0.29) is 11.5 Å². The molecule has 0 amide bonds. The molecule has 92 valence electrons. The third kappa shape index (κ3) is 2.27. The summed E-state index contributed by atoms with van der Waals surface area (Å²) in [4.78, 5) is 22.5. The molecule has 0 radical (unpaired) electrons.